The molecule has 0 spiro atoms. The van der Waals surface area contributed by atoms with Crippen molar-refractivity contribution in [1.29, 1.82) is 0 Å². The fourth-order valence-electron chi connectivity index (χ4n) is 1.19. The van der Waals surface area contributed by atoms with Gasteiger partial charge in [0.15, 0.2) is 0 Å². The van der Waals surface area contributed by atoms with Crippen molar-refractivity contribution >= 4 is 5.97 Å². The fourth-order valence-corrected chi connectivity index (χ4v) is 1.19. The van der Waals surface area contributed by atoms with Crippen LogP contribution in [-0.2, 0) is 4.79 Å². The largest absolute Gasteiger partial charge is 0.480 e. The molecule has 0 aromatic carbocycles. The molecule has 10 heavy (non-hydrogen) atoms. The Labute approximate surface area is 58.9 Å². The van der Waals surface area contributed by atoms with Crippen molar-refractivity contribution in [2.45, 2.75) is 25.0 Å². The van der Waals surface area contributed by atoms with Gasteiger partial charge in [0, 0.05) is 0 Å². The van der Waals surface area contributed by atoms with E-state index in [0.29, 0.717) is 13.0 Å². The predicted octanol–water partition coefficient (Wildman–Crippen LogP) is -0.816. The molecule has 4 heteroatoms. The van der Waals surface area contributed by atoms with Gasteiger partial charge in [0.2, 0.25) is 0 Å². The van der Waals surface area contributed by atoms with Crippen molar-refractivity contribution in [1.82, 2.24) is 5.32 Å². The molecule has 4 nitrogen and oxygen atoms in total. The van der Waals surface area contributed by atoms with E-state index in [0.717, 1.165) is 0 Å². The third-order valence-electron chi connectivity index (χ3n) is 1.85. The van der Waals surface area contributed by atoms with Gasteiger partial charge in [-0.15, -0.1) is 0 Å². The minimum absolute atomic E-state index is 0.504. The quantitative estimate of drug-likeness (QED) is 0.451. The first-order valence-electron chi connectivity index (χ1n) is 3.22. The first kappa shape index (κ1) is 7.50. The minimum atomic E-state index is -1.08. The summed E-state index contributed by atoms with van der Waals surface area (Å²) in [6.45, 7) is 2.11. The Morgan fingerprint density at radius 1 is 1.80 bits per heavy atom. The summed E-state index contributed by atoms with van der Waals surface area (Å²) in [5, 5.41) is 20.6. The molecule has 0 aromatic rings. The molecule has 1 fully saturated rings. The molecule has 0 amide bonds. The van der Waals surface area contributed by atoms with E-state index in [1.54, 1.807) is 0 Å². The molecule has 3 N–H and O–H groups in total. The number of aliphatic carboxylic acids is 1. The first-order valence-corrected chi connectivity index (χ1v) is 3.22. The molecule has 1 saturated heterocycles. The molecule has 0 radical (unpaired) electrons. The Morgan fingerprint density at radius 3 is 2.60 bits per heavy atom. The second kappa shape index (κ2) is 2.21. The number of carboxylic acid groups (broad SMARTS) is 1. The maximum absolute atomic E-state index is 10.4. The van der Waals surface area contributed by atoms with Crippen LogP contribution in [0.1, 0.15) is 13.3 Å². The highest BCUT2D eigenvalue weighted by Crippen LogP contribution is 2.19. The van der Waals surface area contributed by atoms with Crippen LogP contribution in [0.2, 0.25) is 0 Å². The van der Waals surface area contributed by atoms with Crippen LogP contribution in [0.5, 0.6) is 0 Å². The van der Waals surface area contributed by atoms with Gasteiger partial charge >= 0.3 is 5.97 Å². The van der Waals surface area contributed by atoms with Crippen LogP contribution in [0.4, 0.5) is 0 Å². The van der Waals surface area contributed by atoms with E-state index >= 15 is 0 Å². The van der Waals surface area contributed by atoms with Gasteiger partial charge in [-0.3, -0.25) is 4.79 Å². The molecule has 0 bridgehead atoms. The summed E-state index contributed by atoms with van der Waals surface area (Å²) in [5.41, 5.74) is -1.08. The number of nitrogens with one attached hydrogen (secondary N) is 1. The van der Waals surface area contributed by atoms with Crippen molar-refractivity contribution in [3.63, 3.8) is 0 Å². The van der Waals surface area contributed by atoms with Gasteiger partial charge in [-0.25, -0.2) is 0 Å². The Morgan fingerprint density at radius 2 is 2.40 bits per heavy atom. The highest BCUT2D eigenvalue weighted by Gasteiger charge is 2.41. The van der Waals surface area contributed by atoms with Crippen molar-refractivity contribution < 1.29 is 15.0 Å². The summed E-state index contributed by atoms with van der Waals surface area (Å²) in [6.07, 6.45) is 0.504. The fraction of sp³-hybridized carbons (Fsp3) is 0.833. The lowest BCUT2D eigenvalue weighted by Gasteiger charge is -2.20. The van der Waals surface area contributed by atoms with Crippen molar-refractivity contribution in [3.05, 3.63) is 0 Å². The van der Waals surface area contributed by atoms with E-state index in [1.165, 1.54) is 6.92 Å². The molecule has 58 valence electrons. The minimum Gasteiger partial charge on any atom is -0.480 e. The normalized spacial score (nSPS) is 40.0. The van der Waals surface area contributed by atoms with Gasteiger partial charge in [0.25, 0.3) is 0 Å². The van der Waals surface area contributed by atoms with Crippen LogP contribution in [-0.4, -0.2) is 34.4 Å². The summed E-state index contributed by atoms with van der Waals surface area (Å²) in [5.74, 6) is -0.984. The van der Waals surface area contributed by atoms with Gasteiger partial charge < -0.3 is 15.5 Å². The lowest BCUT2D eigenvalue weighted by Crippen LogP contribution is -2.46. The molecule has 1 aliphatic rings. The van der Waals surface area contributed by atoms with E-state index < -0.39 is 17.6 Å². The maximum Gasteiger partial charge on any atom is 0.323 e. The van der Waals surface area contributed by atoms with E-state index in [9.17, 15) is 9.90 Å². The first-order chi connectivity index (χ1) is 4.54. The number of hydrogen-bond acceptors (Lipinski definition) is 3. The van der Waals surface area contributed by atoms with Gasteiger partial charge in [0.1, 0.15) is 6.04 Å². The maximum atomic E-state index is 10.4. The highest BCUT2D eigenvalue weighted by molar-refractivity contribution is 5.75. The highest BCUT2D eigenvalue weighted by atomic mass is 16.4. The molecule has 0 aromatic heterocycles. The average Bonchev–Trinajstić information content (AvgIpc) is 2.08. The van der Waals surface area contributed by atoms with Gasteiger partial charge in [-0.05, 0) is 19.9 Å². The van der Waals surface area contributed by atoms with Crippen LogP contribution in [0.15, 0.2) is 0 Å². The zero-order valence-corrected chi connectivity index (χ0v) is 5.79. The number of hydrogen-bond donors (Lipinski definition) is 3. The zero-order valence-electron chi connectivity index (χ0n) is 5.79. The van der Waals surface area contributed by atoms with Gasteiger partial charge in [0.05, 0.1) is 5.60 Å². The number of aliphatic hydroxyl groups is 1. The molecule has 0 aliphatic carbocycles. The van der Waals surface area contributed by atoms with Crippen LogP contribution >= 0.6 is 0 Å². The second-order valence-corrected chi connectivity index (χ2v) is 2.83. The summed E-state index contributed by atoms with van der Waals surface area (Å²) in [4.78, 5) is 10.4. The monoisotopic (exact) mass is 145 g/mol. The standard InChI is InChI=1S/C6H11NO3/c1-6(10)2-3-7-4(6)5(8)9/h4,7,10H,2-3H2,1H3,(H,8,9)/t4?,6-/m1/s1. The van der Waals surface area contributed by atoms with Crippen LogP contribution in [0.25, 0.3) is 0 Å². The third kappa shape index (κ3) is 1.12. The molecule has 1 aliphatic heterocycles. The third-order valence-corrected chi connectivity index (χ3v) is 1.85. The smallest absolute Gasteiger partial charge is 0.323 e. The molecule has 1 unspecified atom stereocenters. The average molecular weight is 145 g/mol. The molecule has 1 heterocycles. The molecular weight excluding hydrogens is 134 g/mol. The lowest BCUT2D eigenvalue weighted by molar-refractivity contribution is -0.144. The number of carboxylic acids is 1. The van der Waals surface area contributed by atoms with Crippen LogP contribution in [0.3, 0.4) is 0 Å². The topological polar surface area (TPSA) is 69.6 Å². The molecule has 0 saturated carbocycles. The van der Waals surface area contributed by atoms with Crippen molar-refractivity contribution in [2.24, 2.45) is 0 Å². The Hall–Kier alpha value is -0.610. The van der Waals surface area contributed by atoms with Gasteiger partial charge in [-0.1, -0.05) is 0 Å². The number of rotatable bonds is 1. The van der Waals surface area contributed by atoms with E-state index in [4.69, 9.17) is 5.11 Å². The Bertz CT molecular complexity index is 155. The predicted molar refractivity (Wildman–Crippen MR) is 34.7 cm³/mol. The molecule has 2 atom stereocenters. The second-order valence-electron chi connectivity index (χ2n) is 2.83. The lowest BCUT2D eigenvalue weighted by atomic mass is 9.98. The Kier molecular flexibility index (Phi) is 1.66. The van der Waals surface area contributed by atoms with Crippen molar-refractivity contribution in [2.75, 3.05) is 6.54 Å². The Balaban J connectivity index is 2.68. The molecular formula is C6H11NO3. The van der Waals surface area contributed by atoms with Crippen LogP contribution in [0, 0.1) is 0 Å². The summed E-state index contributed by atoms with van der Waals surface area (Å²) in [6, 6.07) is -0.799. The molecule has 1 rings (SSSR count). The van der Waals surface area contributed by atoms with E-state index in [-0.39, 0.29) is 0 Å². The zero-order chi connectivity index (χ0) is 7.78. The van der Waals surface area contributed by atoms with Crippen molar-refractivity contribution in [3.8, 4) is 0 Å². The van der Waals surface area contributed by atoms with E-state index in [1.807, 2.05) is 0 Å². The van der Waals surface area contributed by atoms with E-state index in [2.05, 4.69) is 5.32 Å². The van der Waals surface area contributed by atoms with Crippen LogP contribution < -0.4 is 5.32 Å². The summed E-state index contributed by atoms with van der Waals surface area (Å²) < 4.78 is 0. The van der Waals surface area contributed by atoms with Gasteiger partial charge in [-0.2, -0.15) is 0 Å². The number of carbonyl (C=O) groups is 1. The SMILES string of the molecule is C[C@@]1(O)CCNC1C(=O)O. The summed E-state index contributed by atoms with van der Waals surface area (Å²) in [7, 11) is 0. The summed E-state index contributed by atoms with van der Waals surface area (Å²) >= 11 is 0.